The molecule has 0 aliphatic carbocycles. The number of likely N-dealkylation sites (N-methyl/N-ethyl adjacent to an activating group) is 1. The topological polar surface area (TPSA) is 64.8 Å². The number of hydrogen-bond acceptors (Lipinski definition) is 5. The average Bonchev–Trinajstić information content (AvgIpc) is 2.88. The molecule has 0 aromatic carbocycles. The molecule has 1 heterocycles. The van der Waals surface area contributed by atoms with Crippen molar-refractivity contribution in [2.45, 2.75) is 85.2 Å². The first-order chi connectivity index (χ1) is 11.2. The minimum absolute atomic E-state index is 0.0119. The van der Waals surface area contributed by atoms with Gasteiger partial charge < -0.3 is 15.2 Å². The molecule has 1 aliphatic heterocycles. The van der Waals surface area contributed by atoms with Crippen LogP contribution in [0.3, 0.4) is 0 Å². The molecule has 0 aromatic rings. The summed E-state index contributed by atoms with van der Waals surface area (Å²) in [7, 11) is 2.04. The molecular weight excluding hydrogens is 304 g/mol. The van der Waals surface area contributed by atoms with Crippen LogP contribution >= 0.6 is 0 Å². The number of ketones is 1. The first kappa shape index (κ1) is 21.6. The Bertz CT molecular complexity index is 398. The molecule has 1 saturated heterocycles. The molecule has 1 unspecified atom stereocenters. The number of Topliss-reactive ketones (excluding diaryl/α,β-unsaturated/α-hetero) is 1. The van der Waals surface area contributed by atoms with Gasteiger partial charge in [0.05, 0.1) is 12.6 Å². The molecule has 0 bridgehead atoms. The van der Waals surface area contributed by atoms with Gasteiger partial charge in [0, 0.05) is 24.6 Å². The lowest BCUT2D eigenvalue weighted by Gasteiger charge is -2.42. The Balaban J connectivity index is 2.94. The molecule has 5 atom stereocenters. The highest BCUT2D eigenvalue weighted by atomic mass is 16.7. The fraction of sp³-hybridized carbons (Fsp3) is 0.947. The molecule has 0 saturated carbocycles. The van der Waals surface area contributed by atoms with Crippen molar-refractivity contribution in [2.75, 3.05) is 20.3 Å². The molecule has 0 spiro atoms. The number of nitrogens with two attached hydrogens (primary N) is 1. The van der Waals surface area contributed by atoms with Crippen molar-refractivity contribution >= 4 is 5.78 Å². The summed E-state index contributed by atoms with van der Waals surface area (Å²) in [6.07, 6.45) is 2.65. The number of ether oxygens (including phenoxy) is 2. The zero-order valence-corrected chi connectivity index (χ0v) is 16.7. The van der Waals surface area contributed by atoms with Crippen LogP contribution in [0.4, 0.5) is 0 Å². The van der Waals surface area contributed by atoms with E-state index in [1.54, 1.807) is 6.92 Å². The summed E-state index contributed by atoms with van der Waals surface area (Å²) in [6, 6.07) is 0.102. The maximum Gasteiger partial charge on any atom is 0.154 e. The van der Waals surface area contributed by atoms with Crippen molar-refractivity contribution in [1.82, 2.24) is 4.90 Å². The number of nitrogens with zero attached hydrogens (tertiary/aromatic N) is 1. The number of rotatable bonds is 10. The van der Waals surface area contributed by atoms with Crippen LogP contribution in [-0.4, -0.2) is 55.4 Å². The third-order valence-electron chi connectivity index (χ3n) is 6.17. The van der Waals surface area contributed by atoms with Crippen LogP contribution in [-0.2, 0) is 14.3 Å². The van der Waals surface area contributed by atoms with E-state index < -0.39 is 0 Å². The van der Waals surface area contributed by atoms with Crippen LogP contribution in [0.15, 0.2) is 0 Å². The molecule has 24 heavy (non-hydrogen) atoms. The second-order valence-electron chi connectivity index (χ2n) is 7.52. The van der Waals surface area contributed by atoms with Crippen molar-refractivity contribution in [2.24, 2.45) is 17.1 Å². The molecule has 1 rings (SSSR count). The lowest BCUT2D eigenvalue weighted by Crippen LogP contribution is -2.56. The Kier molecular flexibility index (Phi) is 8.33. The van der Waals surface area contributed by atoms with Gasteiger partial charge in [-0.25, -0.2) is 0 Å². The average molecular weight is 343 g/mol. The Morgan fingerprint density at radius 3 is 2.33 bits per heavy atom. The van der Waals surface area contributed by atoms with Gasteiger partial charge in [0.15, 0.2) is 6.29 Å². The fourth-order valence-corrected chi connectivity index (χ4v) is 3.97. The van der Waals surface area contributed by atoms with Crippen LogP contribution in [0.1, 0.15) is 60.8 Å². The Labute approximate surface area is 148 Å². The van der Waals surface area contributed by atoms with E-state index >= 15 is 0 Å². The normalized spacial score (nSPS) is 28.1. The minimum Gasteiger partial charge on any atom is -0.353 e. The molecule has 0 aromatic heterocycles. The van der Waals surface area contributed by atoms with E-state index in [1.807, 2.05) is 20.9 Å². The molecular formula is C19H38N2O3. The molecule has 5 nitrogen and oxygen atoms in total. The third kappa shape index (κ3) is 4.78. The van der Waals surface area contributed by atoms with E-state index in [4.69, 9.17) is 15.2 Å². The van der Waals surface area contributed by atoms with Crippen molar-refractivity contribution in [3.8, 4) is 0 Å². The maximum atomic E-state index is 12.1. The molecule has 1 fully saturated rings. The second-order valence-corrected chi connectivity index (χ2v) is 7.52. The highest BCUT2D eigenvalue weighted by molar-refractivity contribution is 5.81. The zero-order valence-electron chi connectivity index (χ0n) is 16.7. The van der Waals surface area contributed by atoms with Crippen molar-refractivity contribution < 1.29 is 14.3 Å². The number of carbonyl (C=O) groups excluding carboxylic acids is 1. The van der Waals surface area contributed by atoms with Gasteiger partial charge in [0.1, 0.15) is 5.78 Å². The third-order valence-corrected chi connectivity index (χ3v) is 6.17. The summed E-state index contributed by atoms with van der Waals surface area (Å²) in [5.74, 6) is 0.462. The van der Waals surface area contributed by atoms with Crippen LogP contribution in [0, 0.1) is 11.3 Å². The van der Waals surface area contributed by atoms with Gasteiger partial charge in [-0.1, -0.05) is 20.8 Å². The standard InChI is InChI=1S/C19H38N2O3/c1-8-19(6,9-2)18(20)17-15(12-24-14(5)23-10-3)11-16(13(4)22)21(17)7/h14-18H,8-12,20H2,1-7H3/t14?,15-,16+,17+,18+/m0/s1. The minimum atomic E-state index is -0.225. The number of hydrogen-bond donors (Lipinski definition) is 1. The number of carbonyl (C=O) groups is 1. The first-order valence-electron chi connectivity index (χ1n) is 9.42. The predicted molar refractivity (Wildman–Crippen MR) is 97.8 cm³/mol. The smallest absolute Gasteiger partial charge is 0.154 e. The van der Waals surface area contributed by atoms with E-state index in [1.165, 1.54) is 0 Å². The zero-order chi connectivity index (χ0) is 18.5. The van der Waals surface area contributed by atoms with E-state index in [-0.39, 0.29) is 41.5 Å². The van der Waals surface area contributed by atoms with Crippen LogP contribution in [0.2, 0.25) is 0 Å². The summed E-state index contributed by atoms with van der Waals surface area (Å²) in [6.45, 7) is 13.4. The van der Waals surface area contributed by atoms with E-state index in [0.29, 0.717) is 13.2 Å². The van der Waals surface area contributed by atoms with Crippen molar-refractivity contribution in [3.63, 3.8) is 0 Å². The second kappa shape index (κ2) is 9.27. The summed E-state index contributed by atoms with van der Waals surface area (Å²) in [5, 5.41) is 0. The molecule has 142 valence electrons. The van der Waals surface area contributed by atoms with Gasteiger partial charge in [-0.3, -0.25) is 9.69 Å². The Morgan fingerprint density at radius 2 is 1.88 bits per heavy atom. The van der Waals surface area contributed by atoms with Gasteiger partial charge in [-0.15, -0.1) is 0 Å². The van der Waals surface area contributed by atoms with E-state index in [0.717, 1.165) is 19.3 Å². The van der Waals surface area contributed by atoms with Gasteiger partial charge in [0.2, 0.25) is 0 Å². The van der Waals surface area contributed by atoms with Crippen LogP contribution in [0.5, 0.6) is 0 Å². The van der Waals surface area contributed by atoms with Crippen molar-refractivity contribution in [3.05, 3.63) is 0 Å². The van der Waals surface area contributed by atoms with Gasteiger partial charge in [0.25, 0.3) is 0 Å². The molecule has 0 radical (unpaired) electrons. The Hall–Kier alpha value is -0.490. The molecule has 2 N–H and O–H groups in total. The van der Waals surface area contributed by atoms with Crippen molar-refractivity contribution in [1.29, 1.82) is 0 Å². The highest BCUT2D eigenvalue weighted by Gasteiger charge is 2.48. The van der Waals surface area contributed by atoms with E-state index in [9.17, 15) is 4.79 Å². The van der Waals surface area contributed by atoms with Gasteiger partial charge >= 0.3 is 0 Å². The van der Waals surface area contributed by atoms with Gasteiger partial charge in [-0.2, -0.15) is 0 Å². The maximum absolute atomic E-state index is 12.1. The SMILES string of the molecule is CCOC(C)OC[C@@H]1C[C@H](C(C)=O)N(C)[C@H]1[C@@H](N)C(C)(CC)CC. The quantitative estimate of drug-likeness (QED) is 0.619. The Morgan fingerprint density at radius 1 is 1.29 bits per heavy atom. The summed E-state index contributed by atoms with van der Waals surface area (Å²) < 4.78 is 11.4. The van der Waals surface area contributed by atoms with Gasteiger partial charge in [-0.05, 0) is 52.5 Å². The highest BCUT2D eigenvalue weighted by Crippen LogP contribution is 2.39. The molecule has 0 amide bonds. The first-order valence-corrected chi connectivity index (χ1v) is 9.42. The van der Waals surface area contributed by atoms with Crippen LogP contribution < -0.4 is 5.73 Å². The monoisotopic (exact) mass is 342 g/mol. The summed E-state index contributed by atoms with van der Waals surface area (Å²) >= 11 is 0. The summed E-state index contributed by atoms with van der Waals surface area (Å²) in [5.41, 5.74) is 6.81. The molecule has 5 heteroatoms. The number of likely N-dealkylation sites (tertiary alicyclic amines) is 1. The predicted octanol–water partition coefficient (Wildman–Crippen LogP) is 2.82. The lowest BCUT2D eigenvalue weighted by atomic mass is 9.72. The molecule has 1 aliphatic rings. The van der Waals surface area contributed by atoms with E-state index in [2.05, 4.69) is 25.7 Å². The largest absolute Gasteiger partial charge is 0.353 e. The van der Waals surface area contributed by atoms with Crippen LogP contribution in [0.25, 0.3) is 0 Å². The lowest BCUT2D eigenvalue weighted by molar-refractivity contribution is -0.137. The summed E-state index contributed by atoms with van der Waals surface area (Å²) in [4.78, 5) is 14.2. The fourth-order valence-electron chi connectivity index (χ4n) is 3.97.